The zero-order valence-corrected chi connectivity index (χ0v) is 13.9. The third-order valence-corrected chi connectivity index (χ3v) is 4.48. The zero-order chi connectivity index (χ0) is 15.4. The van der Waals surface area contributed by atoms with Gasteiger partial charge in [0.05, 0.1) is 6.10 Å². The van der Waals surface area contributed by atoms with Crippen LogP contribution in [0.3, 0.4) is 0 Å². The van der Waals surface area contributed by atoms with Crippen molar-refractivity contribution in [3.63, 3.8) is 0 Å². The highest BCUT2D eigenvalue weighted by Gasteiger charge is 2.19. The van der Waals surface area contributed by atoms with Crippen LogP contribution in [0.4, 0.5) is 0 Å². The van der Waals surface area contributed by atoms with E-state index < -0.39 is 6.10 Å². The van der Waals surface area contributed by atoms with E-state index in [1.54, 1.807) is 6.07 Å². The summed E-state index contributed by atoms with van der Waals surface area (Å²) in [6, 6.07) is 15.4. The van der Waals surface area contributed by atoms with E-state index in [1.165, 1.54) is 11.1 Å². The molecule has 23 heavy (non-hydrogen) atoms. The Morgan fingerprint density at radius 3 is 2.65 bits per heavy atom. The second kappa shape index (κ2) is 8.34. The Balaban J connectivity index is 0.00000192. The Kier molecular flexibility index (Phi) is 6.46. The molecule has 0 aromatic heterocycles. The maximum absolute atomic E-state index is 10.1. The van der Waals surface area contributed by atoms with Gasteiger partial charge in [-0.3, -0.25) is 0 Å². The Morgan fingerprint density at radius 1 is 1.09 bits per heavy atom. The molecule has 0 radical (unpaired) electrons. The molecule has 3 nitrogen and oxygen atoms in total. The number of aryl methyl sites for hydroxylation is 1. The van der Waals surface area contributed by atoms with E-state index in [1.807, 2.05) is 42.5 Å². The Bertz CT molecular complexity index is 618. The summed E-state index contributed by atoms with van der Waals surface area (Å²) in [6.07, 6.45) is 2.77. The molecule has 0 heterocycles. The number of aliphatic hydroxyl groups excluding tert-OH is 1. The lowest BCUT2D eigenvalue weighted by molar-refractivity contribution is 0.172. The summed E-state index contributed by atoms with van der Waals surface area (Å²) < 4.78 is 0. The van der Waals surface area contributed by atoms with Gasteiger partial charge in [-0.25, -0.2) is 0 Å². The minimum Gasteiger partial charge on any atom is -0.508 e. The van der Waals surface area contributed by atoms with Gasteiger partial charge in [0.1, 0.15) is 5.75 Å². The van der Waals surface area contributed by atoms with Gasteiger partial charge in [-0.1, -0.05) is 36.4 Å². The standard InChI is InChI=1S/C19H23NO2.ClH/c21-18-9-8-15-7-6-14(10-17(15)11-18)12-20-13-19(22)16-4-2-1-3-5-16;/h1-5,8-9,11,14,19-22H,6-7,10,12-13H2;1H. The van der Waals surface area contributed by atoms with E-state index in [4.69, 9.17) is 0 Å². The predicted molar refractivity (Wildman–Crippen MR) is 95.1 cm³/mol. The molecule has 2 aromatic rings. The lowest BCUT2D eigenvalue weighted by Gasteiger charge is -2.25. The van der Waals surface area contributed by atoms with Gasteiger partial charge in [-0.2, -0.15) is 0 Å². The normalized spacial score (nSPS) is 17.9. The number of phenolic OH excluding ortho intramolecular Hbond substituents is 1. The Labute approximate surface area is 143 Å². The Morgan fingerprint density at radius 2 is 1.87 bits per heavy atom. The number of nitrogens with one attached hydrogen (secondary N) is 1. The summed E-state index contributed by atoms with van der Waals surface area (Å²) >= 11 is 0. The molecule has 0 bridgehead atoms. The van der Waals surface area contributed by atoms with Crippen molar-refractivity contribution in [2.24, 2.45) is 5.92 Å². The average Bonchev–Trinajstić information content (AvgIpc) is 2.55. The quantitative estimate of drug-likeness (QED) is 0.787. The fraction of sp³-hybridized carbons (Fsp3) is 0.368. The van der Waals surface area contributed by atoms with Gasteiger partial charge in [0, 0.05) is 6.54 Å². The number of aliphatic hydroxyl groups is 1. The van der Waals surface area contributed by atoms with Crippen molar-refractivity contribution >= 4 is 12.4 Å². The maximum Gasteiger partial charge on any atom is 0.115 e. The first kappa shape index (κ1) is 17.8. The van der Waals surface area contributed by atoms with Crippen LogP contribution in [0, 0.1) is 5.92 Å². The second-order valence-corrected chi connectivity index (χ2v) is 6.15. The summed E-state index contributed by atoms with van der Waals surface area (Å²) in [7, 11) is 0. The summed E-state index contributed by atoms with van der Waals surface area (Å²) in [5.41, 5.74) is 3.58. The van der Waals surface area contributed by atoms with Gasteiger partial charge in [0.2, 0.25) is 0 Å². The molecule has 2 aromatic carbocycles. The lowest BCUT2D eigenvalue weighted by atomic mass is 9.84. The van der Waals surface area contributed by atoms with Crippen LogP contribution in [0.1, 0.15) is 29.2 Å². The van der Waals surface area contributed by atoms with Crippen molar-refractivity contribution in [3.05, 3.63) is 65.2 Å². The van der Waals surface area contributed by atoms with Crippen molar-refractivity contribution in [1.82, 2.24) is 5.32 Å². The summed E-state index contributed by atoms with van der Waals surface area (Å²) in [5, 5.41) is 23.1. The molecule has 0 saturated carbocycles. The smallest absolute Gasteiger partial charge is 0.115 e. The van der Waals surface area contributed by atoms with E-state index in [9.17, 15) is 10.2 Å². The lowest BCUT2D eigenvalue weighted by Crippen LogP contribution is -2.30. The monoisotopic (exact) mass is 333 g/mol. The molecule has 1 aliphatic carbocycles. The number of rotatable bonds is 5. The van der Waals surface area contributed by atoms with Gasteiger partial charge in [0.15, 0.2) is 0 Å². The number of hydrogen-bond donors (Lipinski definition) is 3. The minimum atomic E-state index is -0.457. The SMILES string of the molecule is Cl.Oc1ccc2c(c1)CC(CNCC(O)c1ccccc1)CC2. The maximum atomic E-state index is 10.1. The second-order valence-electron chi connectivity index (χ2n) is 6.15. The van der Waals surface area contributed by atoms with Crippen molar-refractivity contribution in [2.45, 2.75) is 25.4 Å². The molecular weight excluding hydrogens is 310 g/mol. The van der Waals surface area contributed by atoms with Crippen molar-refractivity contribution in [3.8, 4) is 5.75 Å². The van der Waals surface area contributed by atoms with Gasteiger partial charge >= 0.3 is 0 Å². The number of fused-ring (bicyclic) bond motifs is 1. The van der Waals surface area contributed by atoms with Crippen LogP contribution in [-0.4, -0.2) is 23.3 Å². The molecule has 0 saturated heterocycles. The van der Waals surface area contributed by atoms with E-state index in [0.29, 0.717) is 18.2 Å². The summed E-state index contributed by atoms with van der Waals surface area (Å²) in [4.78, 5) is 0. The minimum absolute atomic E-state index is 0. The zero-order valence-electron chi connectivity index (χ0n) is 13.1. The molecule has 4 heteroatoms. The predicted octanol–water partition coefficient (Wildman–Crippen LogP) is 3.24. The van der Waals surface area contributed by atoms with E-state index in [-0.39, 0.29) is 12.4 Å². The Hall–Kier alpha value is -1.55. The van der Waals surface area contributed by atoms with Crippen molar-refractivity contribution in [1.29, 1.82) is 0 Å². The number of hydrogen-bond acceptors (Lipinski definition) is 3. The van der Waals surface area contributed by atoms with Crippen LogP contribution < -0.4 is 5.32 Å². The molecule has 3 rings (SSSR count). The average molecular weight is 334 g/mol. The number of aromatic hydroxyl groups is 1. The molecular formula is C19H24ClNO2. The highest BCUT2D eigenvalue weighted by molar-refractivity contribution is 5.85. The molecule has 0 aliphatic heterocycles. The molecule has 2 atom stereocenters. The first-order chi connectivity index (χ1) is 10.7. The third kappa shape index (κ3) is 4.71. The number of halogens is 1. The number of phenols is 1. The summed E-state index contributed by atoms with van der Waals surface area (Å²) in [6.45, 7) is 1.48. The molecule has 3 N–H and O–H groups in total. The summed E-state index contributed by atoms with van der Waals surface area (Å²) in [5.74, 6) is 0.920. The van der Waals surface area contributed by atoms with Crippen LogP contribution in [0.25, 0.3) is 0 Å². The van der Waals surface area contributed by atoms with Gasteiger partial charge in [-0.05, 0) is 60.5 Å². The van der Waals surface area contributed by atoms with Crippen LogP contribution in [0.5, 0.6) is 5.75 Å². The van der Waals surface area contributed by atoms with Crippen LogP contribution in [0.15, 0.2) is 48.5 Å². The van der Waals surface area contributed by atoms with Crippen LogP contribution >= 0.6 is 12.4 Å². The largest absolute Gasteiger partial charge is 0.508 e. The highest BCUT2D eigenvalue weighted by atomic mass is 35.5. The fourth-order valence-corrected chi connectivity index (χ4v) is 3.21. The van der Waals surface area contributed by atoms with Gasteiger partial charge in [0.25, 0.3) is 0 Å². The first-order valence-electron chi connectivity index (χ1n) is 7.97. The molecule has 0 amide bonds. The van der Waals surface area contributed by atoms with Crippen LogP contribution in [-0.2, 0) is 12.8 Å². The molecule has 1 aliphatic rings. The fourth-order valence-electron chi connectivity index (χ4n) is 3.21. The number of benzene rings is 2. The van der Waals surface area contributed by atoms with Gasteiger partial charge in [-0.15, -0.1) is 12.4 Å². The van der Waals surface area contributed by atoms with Crippen molar-refractivity contribution < 1.29 is 10.2 Å². The van der Waals surface area contributed by atoms with E-state index >= 15 is 0 Å². The topological polar surface area (TPSA) is 52.5 Å². The highest BCUT2D eigenvalue weighted by Crippen LogP contribution is 2.28. The molecule has 124 valence electrons. The van der Waals surface area contributed by atoms with Crippen LogP contribution in [0.2, 0.25) is 0 Å². The molecule has 0 fully saturated rings. The molecule has 0 spiro atoms. The van der Waals surface area contributed by atoms with Crippen molar-refractivity contribution in [2.75, 3.05) is 13.1 Å². The van der Waals surface area contributed by atoms with Gasteiger partial charge < -0.3 is 15.5 Å². The van der Waals surface area contributed by atoms with E-state index in [0.717, 1.165) is 31.4 Å². The third-order valence-electron chi connectivity index (χ3n) is 4.48. The first-order valence-corrected chi connectivity index (χ1v) is 7.97. The molecule has 2 unspecified atom stereocenters. The van der Waals surface area contributed by atoms with E-state index in [2.05, 4.69) is 5.32 Å².